The largest absolute Gasteiger partial charge is 0.378 e. The molecule has 1 unspecified atom stereocenters. The number of rotatable bonds is 18. The van der Waals surface area contributed by atoms with Gasteiger partial charge in [0.2, 0.25) is 5.91 Å². The van der Waals surface area contributed by atoms with Crippen molar-refractivity contribution in [2.24, 2.45) is 11.0 Å². The zero-order valence-electron chi connectivity index (χ0n) is 35.5. The van der Waals surface area contributed by atoms with Crippen molar-refractivity contribution < 1.29 is 29.6 Å². The number of benzene rings is 4. The third kappa shape index (κ3) is 20.7. The summed E-state index contributed by atoms with van der Waals surface area (Å²) in [6, 6.07) is 36.0. The van der Waals surface area contributed by atoms with Gasteiger partial charge >= 0.3 is 0 Å². The Labute approximate surface area is 350 Å². The number of carbonyl (C=O) groups is 4. The van der Waals surface area contributed by atoms with Gasteiger partial charge in [0.15, 0.2) is 5.78 Å². The lowest BCUT2D eigenvalue weighted by atomic mass is 9.97. The van der Waals surface area contributed by atoms with Crippen LogP contribution >= 0.6 is 0 Å². The van der Waals surface area contributed by atoms with Gasteiger partial charge in [0.1, 0.15) is 6.29 Å². The van der Waals surface area contributed by atoms with Gasteiger partial charge < -0.3 is 19.8 Å². The summed E-state index contributed by atoms with van der Waals surface area (Å²) in [6.07, 6.45) is 11.8. The number of para-hydroxylation sites is 2. The molecule has 0 aliphatic rings. The van der Waals surface area contributed by atoms with E-state index in [1.54, 1.807) is 30.8 Å². The molecule has 0 aliphatic carbocycles. The molecule has 4 aromatic carbocycles. The molecule has 0 saturated heterocycles. The van der Waals surface area contributed by atoms with E-state index in [0.29, 0.717) is 18.4 Å². The molecule has 0 radical (unpaired) electrons. The predicted molar refractivity (Wildman–Crippen MR) is 240 cm³/mol. The minimum atomic E-state index is -0.606. The van der Waals surface area contributed by atoms with Crippen molar-refractivity contribution in [2.45, 2.75) is 66.2 Å². The molecule has 316 valence electrons. The summed E-state index contributed by atoms with van der Waals surface area (Å²) in [5, 5.41) is 19.8. The number of ketones is 1. The molecule has 0 aromatic heterocycles. The Bertz CT molecular complexity index is 1820. The van der Waals surface area contributed by atoms with E-state index in [4.69, 9.17) is 10.4 Å². The Morgan fingerprint density at radius 2 is 1.24 bits per heavy atom. The highest BCUT2D eigenvalue weighted by atomic mass is 16.5. The number of hydrogen-bond acceptors (Lipinski definition) is 10. The Morgan fingerprint density at radius 1 is 0.729 bits per heavy atom. The molecule has 1 atom stereocenters. The van der Waals surface area contributed by atoms with Crippen LogP contribution in [0, 0.1) is 5.92 Å². The first-order valence-electron chi connectivity index (χ1n) is 19.7. The van der Waals surface area contributed by atoms with Crippen LogP contribution in [0.3, 0.4) is 0 Å². The monoisotopic (exact) mass is 806 g/mol. The summed E-state index contributed by atoms with van der Waals surface area (Å²) >= 11 is 0. The molecule has 4 rings (SSSR count). The minimum Gasteiger partial charge on any atom is -0.378 e. The number of hydroxylamine groups is 2. The number of hydrogen-bond donors (Lipinski definition) is 5. The fourth-order valence-corrected chi connectivity index (χ4v) is 5.37. The maximum absolute atomic E-state index is 12.4. The van der Waals surface area contributed by atoms with Gasteiger partial charge in [-0.3, -0.25) is 19.6 Å². The molecule has 0 spiro atoms. The molecule has 0 fully saturated rings. The third-order valence-corrected chi connectivity index (χ3v) is 8.26. The third-order valence-electron chi connectivity index (χ3n) is 8.26. The summed E-state index contributed by atoms with van der Waals surface area (Å²) < 4.78 is 0. The van der Waals surface area contributed by atoms with Crippen LogP contribution in [-0.4, -0.2) is 61.7 Å². The van der Waals surface area contributed by atoms with Gasteiger partial charge in [0.05, 0.1) is 6.21 Å². The summed E-state index contributed by atoms with van der Waals surface area (Å²) in [7, 11) is 5.32. The summed E-state index contributed by atoms with van der Waals surface area (Å²) in [6.45, 7) is 7.60. The topological polar surface area (TPSA) is 164 Å². The van der Waals surface area contributed by atoms with Gasteiger partial charge in [0.25, 0.3) is 5.91 Å². The lowest BCUT2D eigenvalue weighted by Gasteiger charge is -2.25. The molecule has 5 N–H and O–H groups in total. The number of unbranched alkanes of at least 4 members (excludes halogenated alkanes) is 4. The smallest absolute Gasteiger partial charge is 0.267 e. The van der Waals surface area contributed by atoms with E-state index in [9.17, 15) is 19.2 Å². The Balaban J connectivity index is 0.000000563. The van der Waals surface area contributed by atoms with Crippen molar-refractivity contribution in [1.29, 1.82) is 0 Å². The van der Waals surface area contributed by atoms with Crippen LogP contribution in [0.4, 0.5) is 22.7 Å². The van der Waals surface area contributed by atoms with Crippen molar-refractivity contribution in [3.63, 3.8) is 0 Å². The highest BCUT2D eigenvalue weighted by molar-refractivity contribution is 5.99. The van der Waals surface area contributed by atoms with Crippen molar-refractivity contribution in [1.82, 2.24) is 16.4 Å². The molecule has 59 heavy (non-hydrogen) atoms. The number of Topliss-reactive ketones (excluding diaryl/α,β-unsaturated/α-hetero) is 1. The number of carbonyl (C=O) groups excluding carboxylic acids is 4. The number of anilines is 4. The van der Waals surface area contributed by atoms with Gasteiger partial charge in [-0.05, 0) is 86.0 Å². The lowest BCUT2D eigenvalue weighted by molar-refractivity contribution is -0.124. The van der Waals surface area contributed by atoms with Crippen molar-refractivity contribution >= 4 is 52.8 Å². The second-order valence-corrected chi connectivity index (χ2v) is 13.0. The molecule has 0 heterocycles. The quantitative estimate of drug-likeness (QED) is 0.00964. The second-order valence-electron chi connectivity index (χ2n) is 13.0. The molecule has 2 amide bonds. The Morgan fingerprint density at radius 3 is 1.75 bits per heavy atom. The van der Waals surface area contributed by atoms with Gasteiger partial charge in [-0.1, -0.05) is 99.9 Å². The van der Waals surface area contributed by atoms with Crippen molar-refractivity contribution in [2.75, 3.05) is 30.9 Å². The van der Waals surface area contributed by atoms with E-state index in [2.05, 4.69) is 39.7 Å². The van der Waals surface area contributed by atoms with Crippen LogP contribution in [0.5, 0.6) is 0 Å². The SMILES string of the molecule is CC.CC(/C=C/C(=O)NO)=C\C(C)C(=O)c1ccc(N(C)C)cc1.CNO.O=CCCCCCCC(=O)N/N=C/c1ccc(N(c2ccccc2)c2ccccc2)cc1. The molecular formula is C47H62N6O6. The van der Waals surface area contributed by atoms with E-state index in [1.807, 2.05) is 125 Å². The highest BCUT2D eigenvalue weighted by Crippen LogP contribution is 2.34. The molecular weight excluding hydrogens is 745 g/mol. The molecule has 12 nitrogen and oxygen atoms in total. The summed E-state index contributed by atoms with van der Waals surface area (Å²) in [5.74, 6) is -0.977. The number of amides is 2. The maximum atomic E-state index is 12.4. The van der Waals surface area contributed by atoms with Gasteiger partial charge in [0, 0.05) is 74.3 Å². The van der Waals surface area contributed by atoms with E-state index >= 15 is 0 Å². The number of nitrogens with zero attached hydrogens (tertiary/aromatic N) is 3. The fourth-order valence-electron chi connectivity index (χ4n) is 5.37. The van der Waals surface area contributed by atoms with Crippen LogP contribution in [0.2, 0.25) is 0 Å². The van der Waals surface area contributed by atoms with Crippen LogP contribution in [-0.2, 0) is 14.4 Å². The van der Waals surface area contributed by atoms with Crippen molar-refractivity contribution in [3.8, 4) is 0 Å². The Hall–Kier alpha value is -6.21. The van der Waals surface area contributed by atoms with Gasteiger partial charge in [-0.25, -0.2) is 16.4 Å². The van der Waals surface area contributed by atoms with E-state index in [-0.39, 0.29) is 17.6 Å². The van der Waals surface area contributed by atoms with E-state index in [0.717, 1.165) is 65.9 Å². The zero-order valence-corrected chi connectivity index (χ0v) is 35.5. The summed E-state index contributed by atoms with van der Waals surface area (Å²) in [4.78, 5) is 49.6. The van der Waals surface area contributed by atoms with Crippen LogP contribution < -0.4 is 26.2 Å². The number of nitrogens with one attached hydrogen (secondary N) is 3. The number of aldehydes is 1. The normalized spacial score (nSPS) is 11.1. The minimum absolute atomic E-state index is 0.0182. The molecule has 12 heteroatoms. The number of hydrazone groups is 1. The summed E-state index contributed by atoms with van der Waals surface area (Å²) in [5.41, 5.74) is 12.4. The van der Waals surface area contributed by atoms with Gasteiger partial charge in [-0.2, -0.15) is 5.10 Å². The molecule has 4 aromatic rings. The highest BCUT2D eigenvalue weighted by Gasteiger charge is 2.14. The van der Waals surface area contributed by atoms with E-state index in [1.165, 1.54) is 18.6 Å². The van der Waals surface area contributed by atoms with E-state index < -0.39 is 5.91 Å². The maximum Gasteiger partial charge on any atom is 0.267 e. The average Bonchev–Trinajstić information content (AvgIpc) is 3.26. The number of allylic oxidation sites excluding steroid dienone is 3. The first-order chi connectivity index (χ1) is 28.5. The van der Waals surface area contributed by atoms with Gasteiger partial charge in [-0.15, -0.1) is 0 Å². The molecule has 0 bridgehead atoms. The predicted octanol–water partition coefficient (Wildman–Crippen LogP) is 9.35. The zero-order chi connectivity index (χ0) is 43.8. The standard InChI is InChI=1S/C27H29N3O2.C17H22N2O3.C2H6.CH5NO/c31-21-11-3-1-2-10-16-27(32)29-28-22-23-17-19-26(20-18-23)30(24-12-6-4-7-13-24)25-14-8-5-9-15-25;1-12(5-10-16(20)18-22)11-13(2)17(21)14-6-8-15(9-7-14)19(3)4;1-2;1-2-3/h4-9,12-15,17-22H,1-3,10-11,16H2,(H,29,32);5-11,13,22H,1-4H3,(H,18,20);1-2H3;2-3H,1H3/b28-22+;10-5+,12-11+;;. The first-order valence-corrected chi connectivity index (χ1v) is 19.7. The van der Waals surface area contributed by atoms with Crippen molar-refractivity contribution in [3.05, 3.63) is 144 Å². The second kappa shape index (κ2) is 30.9. The van der Waals surface area contributed by atoms with Crippen LogP contribution in [0.15, 0.2) is 138 Å². The molecule has 0 aliphatic heterocycles. The lowest BCUT2D eigenvalue weighted by Crippen LogP contribution is -2.16. The van der Waals surface area contributed by atoms with Crippen LogP contribution in [0.25, 0.3) is 0 Å². The first kappa shape index (κ1) is 50.8. The molecule has 0 saturated carbocycles. The average molecular weight is 807 g/mol. The fraction of sp³-hybridized carbons (Fsp3) is 0.298. The Kier molecular flexibility index (Phi) is 26.6. The van der Waals surface area contributed by atoms with Crippen LogP contribution in [0.1, 0.15) is 82.1 Å².